The van der Waals surface area contributed by atoms with Crippen LogP contribution in [0.25, 0.3) is 0 Å². The molecular formula is C8H12O5. The second-order valence-electron chi connectivity index (χ2n) is 1.71. The molecule has 74 valence electrons. The molecule has 0 bridgehead atoms. The molecule has 0 aliphatic rings. The van der Waals surface area contributed by atoms with Gasteiger partial charge in [-0.25, -0.2) is 9.59 Å². The van der Waals surface area contributed by atoms with E-state index >= 15 is 0 Å². The van der Waals surface area contributed by atoms with E-state index in [1.54, 1.807) is 6.92 Å². The fourth-order valence-electron chi connectivity index (χ4n) is 0.276. The van der Waals surface area contributed by atoms with Crippen molar-refractivity contribution in [3.63, 3.8) is 0 Å². The zero-order valence-electron chi connectivity index (χ0n) is 7.17. The second-order valence-corrected chi connectivity index (χ2v) is 1.71. The number of carboxylic acids is 2. The van der Waals surface area contributed by atoms with Gasteiger partial charge in [0.05, 0.1) is 0 Å². The highest BCUT2D eigenvalue weighted by atomic mass is 16.4. The van der Waals surface area contributed by atoms with Gasteiger partial charge >= 0.3 is 11.9 Å². The zero-order chi connectivity index (χ0) is 10.7. The lowest BCUT2D eigenvalue weighted by atomic mass is 10.4. The molecule has 0 saturated heterocycles. The summed E-state index contributed by atoms with van der Waals surface area (Å²) in [4.78, 5) is 19.6. The predicted molar refractivity (Wildman–Crippen MR) is 46.3 cm³/mol. The molecule has 0 rings (SSSR count). The molecule has 0 amide bonds. The Morgan fingerprint density at radius 2 is 1.31 bits per heavy atom. The van der Waals surface area contributed by atoms with Crippen LogP contribution in [0.3, 0.4) is 0 Å². The van der Waals surface area contributed by atoms with Crippen LogP contribution in [-0.2, 0) is 9.59 Å². The van der Waals surface area contributed by atoms with E-state index in [4.69, 9.17) is 15.3 Å². The molecule has 0 aromatic rings. The zero-order valence-corrected chi connectivity index (χ0v) is 7.17. The molecule has 0 fully saturated rings. The normalized spacial score (nSPS) is 9.69. The van der Waals surface area contributed by atoms with Crippen molar-refractivity contribution in [1.82, 2.24) is 0 Å². The summed E-state index contributed by atoms with van der Waals surface area (Å²) in [6, 6.07) is 0. The van der Waals surface area contributed by atoms with Gasteiger partial charge in [0.25, 0.3) is 0 Å². The molecular weight excluding hydrogens is 176 g/mol. The fourth-order valence-corrected chi connectivity index (χ4v) is 0.276. The number of hydrogen-bond acceptors (Lipinski definition) is 3. The minimum atomic E-state index is -1.10. The molecule has 0 radical (unpaired) electrons. The standard InChI is InChI=1S/C6H6O4.C2H6O/c7-5(8)3-1-2-4-6(9)10;1-2-3/h1-4H,(H,7,8)(H,9,10);3H,2H2,1H3/b3-1+,4-2+;. The van der Waals surface area contributed by atoms with Gasteiger partial charge in [-0.1, -0.05) is 12.2 Å². The Bertz CT molecular complexity index is 183. The van der Waals surface area contributed by atoms with Crippen LogP contribution in [0.4, 0.5) is 0 Å². The number of carboxylic acid groups (broad SMARTS) is 2. The first-order valence-corrected chi connectivity index (χ1v) is 3.46. The Hall–Kier alpha value is -1.62. The largest absolute Gasteiger partial charge is 0.478 e. The van der Waals surface area contributed by atoms with E-state index in [1.807, 2.05) is 0 Å². The molecule has 0 spiro atoms. The number of allylic oxidation sites excluding steroid dienone is 2. The van der Waals surface area contributed by atoms with E-state index in [0.717, 1.165) is 24.3 Å². The van der Waals surface area contributed by atoms with E-state index in [2.05, 4.69) is 0 Å². The monoisotopic (exact) mass is 188 g/mol. The maximum atomic E-state index is 9.78. The molecule has 0 unspecified atom stereocenters. The molecule has 0 heterocycles. The van der Waals surface area contributed by atoms with Crippen LogP contribution in [-0.4, -0.2) is 33.9 Å². The molecule has 0 saturated carbocycles. The van der Waals surface area contributed by atoms with Crippen molar-refractivity contribution in [3.05, 3.63) is 24.3 Å². The van der Waals surface area contributed by atoms with Gasteiger partial charge in [-0.05, 0) is 6.92 Å². The molecule has 5 heteroatoms. The summed E-state index contributed by atoms with van der Waals surface area (Å²) in [5.41, 5.74) is 0. The van der Waals surface area contributed by atoms with Crippen molar-refractivity contribution < 1.29 is 24.9 Å². The van der Waals surface area contributed by atoms with Gasteiger partial charge in [0, 0.05) is 18.8 Å². The van der Waals surface area contributed by atoms with Crippen molar-refractivity contribution in [2.45, 2.75) is 6.92 Å². The Labute approximate surface area is 75.6 Å². The summed E-state index contributed by atoms with van der Waals surface area (Å²) in [5, 5.41) is 23.6. The van der Waals surface area contributed by atoms with E-state index in [-0.39, 0.29) is 6.61 Å². The molecule has 5 nitrogen and oxygen atoms in total. The first-order valence-electron chi connectivity index (χ1n) is 3.46. The summed E-state index contributed by atoms with van der Waals surface area (Å²) in [6.45, 7) is 1.93. The maximum Gasteiger partial charge on any atom is 0.328 e. The highest BCUT2D eigenvalue weighted by molar-refractivity contribution is 5.82. The molecule has 0 aromatic heterocycles. The van der Waals surface area contributed by atoms with Gasteiger partial charge in [-0.2, -0.15) is 0 Å². The minimum Gasteiger partial charge on any atom is -0.478 e. The molecule has 13 heavy (non-hydrogen) atoms. The maximum absolute atomic E-state index is 9.78. The Morgan fingerprint density at radius 1 is 1.08 bits per heavy atom. The van der Waals surface area contributed by atoms with Gasteiger partial charge in [-0.3, -0.25) is 0 Å². The molecule has 0 atom stereocenters. The average molecular weight is 188 g/mol. The second kappa shape index (κ2) is 10.4. The lowest BCUT2D eigenvalue weighted by Crippen LogP contribution is -1.86. The first kappa shape index (κ1) is 13.9. The van der Waals surface area contributed by atoms with E-state index in [0.29, 0.717) is 0 Å². The van der Waals surface area contributed by atoms with Gasteiger partial charge in [0.1, 0.15) is 0 Å². The lowest BCUT2D eigenvalue weighted by molar-refractivity contribution is -0.132. The number of aliphatic hydroxyl groups is 1. The van der Waals surface area contributed by atoms with Crippen molar-refractivity contribution in [2.24, 2.45) is 0 Å². The van der Waals surface area contributed by atoms with E-state index < -0.39 is 11.9 Å². The smallest absolute Gasteiger partial charge is 0.328 e. The minimum absolute atomic E-state index is 0.250. The van der Waals surface area contributed by atoms with Gasteiger partial charge in [0.2, 0.25) is 0 Å². The summed E-state index contributed by atoms with van der Waals surface area (Å²) < 4.78 is 0. The molecule has 0 aliphatic carbocycles. The van der Waals surface area contributed by atoms with Crippen molar-refractivity contribution >= 4 is 11.9 Å². The van der Waals surface area contributed by atoms with Crippen LogP contribution in [0.1, 0.15) is 6.92 Å². The summed E-state index contributed by atoms with van der Waals surface area (Å²) >= 11 is 0. The van der Waals surface area contributed by atoms with Crippen LogP contribution in [0.15, 0.2) is 24.3 Å². The Balaban J connectivity index is 0. The number of aliphatic carboxylic acids is 2. The number of carbonyl (C=O) groups is 2. The highest BCUT2D eigenvalue weighted by Crippen LogP contribution is 1.76. The van der Waals surface area contributed by atoms with E-state index in [9.17, 15) is 9.59 Å². The first-order chi connectivity index (χ1) is 6.04. The SMILES string of the molecule is CCO.O=C(O)/C=C/C=C/C(=O)O. The lowest BCUT2D eigenvalue weighted by Gasteiger charge is -1.75. The molecule has 3 N–H and O–H groups in total. The van der Waals surface area contributed by atoms with Gasteiger partial charge in [0.15, 0.2) is 0 Å². The third-order valence-corrected chi connectivity index (χ3v) is 0.589. The fraction of sp³-hybridized carbons (Fsp3) is 0.250. The number of rotatable bonds is 3. The molecule has 0 aromatic carbocycles. The summed E-state index contributed by atoms with van der Waals surface area (Å²) in [5.74, 6) is -2.20. The van der Waals surface area contributed by atoms with Crippen molar-refractivity contribution in [2.75, 3.05) is 6.61 Å². The Morgan fingerprint density at radius 3 is 1.46 bits per heavy atom. The van der Waals surface area contributed by atoms with Crippen molar-refractivity contribution in [1.29, 1.82) is 0 Å². The van der Waals surface area contributed by atoms with Crippen molar-refractivity contribution in [3.8, 4) is 0 Å². The molecule has 0 aliphatic heterocycles. The number of hydrogen-bond donors (Lipinski definition) is 3. The van der Waals surface area contributed by atoms with E-state index in [1.165, 1.54) is 0 Å². The third kappa shape index (κ3) is 25.2. The third-order valence-electron chi connectivity index (χ3n) is 0.589. The van der Waals surface area contributed by atoms with Crippen LogP contribution >= 0.6 is 0 Å². The summed E-state index contributed by atoms with van der Waals surface area (Å²) in [6.07, 6.45) is 3.96. The average Bonchev–Trinajstić information content (AvgIpc) is 1.99. The quantitative estimate of drug-likeness (QED) is 0.436. The van der Waals surface area contributed by atoms with Crippen LogP contribution in [0, 0.1) is 0 Å². The van der Waals surface area contributed by atoms with Gasteiger partial charge < -0.3 is 15.3 Å². The Kier molecular flexibility index (Phi) is 11.1. The van der Waals surface area contributed by atoms with Crippen LogP contribution < -0.4 is 0 Å². The topological polar surface area (TPSA) is 94.8 Å². The summed E-state index contributed by atoms with van der Waals surface area (Å²) in [7, 11) is 0. The van der Waals surface area contributed by atoms with Crippen LogP contribution in [0.5, 0.6) is 0 Å². The highest BCUT2D eigenvalue weighted by Gasteiger charge is 1.83. The number of aliphatic hydroxyl groups excluding tert-OH is 1. The van der Waals surface area contributed by atoms with Crippen LogP contribution in [0.2, 0.25) is 0 Å². The van der Waals surface area contributed by atoms with Gasteiger partial charge in [-0.15, -0.1) is 0 Å². The predicted octanol–water partition coefficient (Wildman–Crippen LogP) is 0.267.